The van der Waals surface area contributed by atoms with Gasteiger partial charge in [-0.2, -0.15) is 0 Å². The van der Waals surface area contributed by atoms with E-state index in [9.17, 15) is 14.9 Å². The summed E-state index contributed by atoms with van der Waals surface area (Å²) in [6, 6.07) is 5.92. The van der Waals surface area contributed by atoms with Crippen molar-refractivity contribution in [2.24, 2.45) is 5.16 Å². The highest BCUT2D eigenvalue weighted by atomic mass is 16.6. The zero-order valence-electron chi connectivity index (χ0n) is 8.07. The Bertz CT molecular complexity index is 430. The monoisotopic (exact) mass is 224 g/mol. The molecule has 1 aromatic carbocycles. The van der Waals surface area contributed by atoms with Gasteiger partial charge in [0.05, 0.1) is 16.7 Å². The van der Waals surface area contributed by atoms with Crippen molar-refractivity contribution < 1.29 is 19.7 Å². The lowest BCUT2D eigenvalue weighted by molar-refractivity contribution is -0.385. The van der Waals surface area contributed by atoms with E-state index in [4.69, 9.17) is 5.11 Å². The predicted molar refractivity (Wildman–Crippen MR) is 54.3 cm³/mol. The number of para-hydroxylation sites is 1. The van der Waals surface area contributed by atoms with Gasteiger partial charge in [0.15, 0.2) is 0 Å². The summed E-state index contributed by atoms with van der Waals surface area (Å²) in [6.07, 6.45) is 1.10. The maximum Gasteiger partial charge on any atom is 0.344 e. The zero-order chi connectivity index (χ0) is 12.0. The van der Waals surface area contributed by atoms with Gasteiger partial charge in [0.2, 0.25) is 6.61 Å². The molecule has 0 aliphatic rings. The quantitative estimate of drug-likeness (QED) is 0.457. The molecule has 0 atom stereocenters. The Morgan fingerprint density at radius 3 is 2.88 bits per heavy atom. The minimum atomic E-state index is -1.17. The van der Waals surface area contributed by atoms with Crippen molar-refractivity contribution in [2.75, 3.05) is 6.61 Å². The van der Waals surface area contributed by atoms with Crippen molar-refractivity contribution in [3.05, 3.63) is 39.9 Å². The van der Waals surface area contributed by atoms with E-state index in [0.717, 1.165) is 6.21 Å². The van der Waals surface area contributed by atoms with Gasteiger partial charge in [-0.3, -0.25) is 10.1 Å². The number of nitro benzene ring substituents is 1. The zero-order valence-corrected chi connectivity index (χ0v) is 8.07. The van der Waals surface area contributed by atoms with E-state index in [2.05, 4.69) is 9.99 Å². The minimum Gasteiger partial charge on any atom is -0.479 e. The summed E-state index contributed by atoms with van der Waals surface area (Å²) in [7, 11) is 0. The number of nitro groups is 1. The Balaban J connectivity index is 2.73. The van der Waals surface area contributed by atoms with Crippen molar-refractivity contribution in [1.29, 1.82) is 0 Å². The Hall–Kier alpha value is -2.44. The van der Waals surface area contributed by atoms with Gasteiger partial charge in [0.1, 0.15) is 0 Å². The fourth-order valence-electron chi connectivity index (χ4n) is 0.950. The van der Waals surface area contributed by atoms with Crippen LogP contribution in [0.25, 0.3) is 0 Å². The van der Waals surface area contributed by atoms with E-state index in [1.54, 1.807) is 6.07 Å². The highest BCUT2D eigenvalue weighted by molar-refractivity contribution is 5.84. The molecule has 0 spiro atoms. The van der Waals surface area contributed by atoms with Gasteiger partial charge in [-0.1, -0.05) is 17.3 Å². The van der Waals surface area contributed by atoms with Gasteiger partial charge in [0, 0.05) is 6.07 Å². The molecular weight excluding hydrogens is 216 g/mol. The van der Waals surface area contributed by atoms with Crippen LogP contribution in [0.1, 0.15) is 5.56 Å². The second kappa shape index (κ2) is 5.44. The SMILES string of the molecule is O=C(O)CON=Cc1ccccc1[N+](=O)[O-]. The number of hydrogen-bond donors (Lipinski definition) is 1. The second-order valence-electron chi connectivity index (χ2n) is 2.72. The molecule has 0 saturated carbocycles. The molecule has 16 heavy (non-hydrogen) atoms. The molecule has 0 unspecified atom stereocenters. The summed E-state index contributed by atoms with van der Waals surface area (Å²) in [5, 5.41) is 22.1. The molecule has 0 bridgehead atoms. The molecular formula is C9H8N2O5. The summed E-state index contributed by atoms with van der Waals surface area (Å²) in [6.45, 7) is -0.586. The van der Waals surface area contributed by atoms with Gasteiger partial charge in [-0.25, -0.2) is 4.79 Å². The molecule has 7 heteroatoms. The molecule has 7 nitrogen and oxygen atoms in total. The largest absolute Gasteiger partial charge is 0.479 e. The lowest BCUT2D eigenvalue weighted by atomic mass is 10.2. The number of hydrogen-bond acceptors (Lipinski definition) is 5. The van der Waals surface area contributed by atoms with Crippen LogP contribution in [-0.4, -0.2) is 28.8 Å². The first-order valence-corrected chi connectivity index (χ1v) is 4.22. The average molecular weight is 224 g/mol. The van der Waals surface area contributed by atoms with E-state index >= 15 is 0 Å². The van der Waals surface area contributed by atoms with Gasteiger partial charge < -0.3 is 9.94 Å². The third kappa shape index (κ3) is 3.37. The highest BCUT2D eigenvalue weighted by Gasteiger charge is 2.09. The van der Waals surface area contributed by atoms with Crippen LogP contribution in [0.2, 0.25) is 0 Å². The van der Waals surface area contributed by atoms with Gasteiger partial charge in [-0.15, -0.1) is 0 Å². The number of benzene rings is 1. The molecule has 0 radical (unpaired) electrons. The third-order valence-electron chi connectivity index (χ3n) is 1.59. The van der Waals surface area contributed by atoms with Crippen LogP contribution in [-0.2, 0) is 9.63 Å². The first kappa shape index (κ1) is 11.6. The summed E-state index contributed by atoms with van der Waals surface area (Å²) in [4.78, 5) is 24.5. The molecule has 84 valence electrons. The maximum atomic E-state index is 10.6. The molecule has 0 aliphatic carbocycles. The number of nitrogens with zero attached hydrogens (tertiary/aromatic N) is 2. The van der Waals surface area contributed by atoms with E-state index < -0.39 is 17.5 Å². The summed E-state index contributed by atoms with van der Waals surface area (Å²) < 4.78 is 0. The highest BCUT2D eigenvalue weighted by Crippen LogP contribution is 2.15. The van der Waals surface area contributed by atoms with Gasteiger partial charge >= 0.3 is 5.97 Å². The average Bonchev–Trinajstić information content (AvgIpc) is 2.24. The molecule has 1 N–H and O–H groups in total. The van der Waals surface area contributed by atoms with Crippen molar-refractivity contribution in [3.8, 4) is 0 Å². The molecule has 0 heterocycles. The maximum absolute atomic E-state index is 10.6. The Kier molecular flexibility index (Phi) is 3.96. The number of aliphatic carboxylic acids is 1. The van der Waals surface area contributed by atoms with Crippen LogP contribution in [0.5, 0.6) is 0 Å². The fourth-order valence-corrected chi connectivity index (χ4v) is 0.950. The summed E-state index contributed by atoms with van der Waals surface area (Å²) in [5.41, 5.74) is 0.128. The lowest BCUT2D eigenvalue weighted by Crippen LogP contribution is -2.03. The van der Waals surface area contributed by atoms with Crippen LogP contribution in [0.3, 0.4) is 0 Å². The van der Waals surface area contributed by atoms with Gasteiger partial charge in [-0.05, 0) is 6.07 Å². The summed E-state index contributed by atoms with van der Waals surface area (Å²) in [5.74, 6) is -1.17. The molecule has 0 aliphatic heterocycles. The van der Waals surface area contributed by atoms with E-state index in [1.165, 1.54) is 18.2 Å². The lowest BCUT2D eigenvalue weighted by Gasteiger charge is -1.96. The molecule has 0 fully saturated rings. The smallest absolute Gasteiger partial charge is 0.344 e. The topological polar surface area (TPSA) is 102 Å². The van der Waals surface area contributed by atoms with E-state index in [0.29, 0.717) is 0 Å². The molecule has 0 saturated heterocycles. The van der Waals surface area contributed by atoms with E-state index in [-0.39, 0.29) is 11.3 Å². The normalized spacial score (nSPS) is 10.2. The van der Waals surface area contributed by atoms with Crippen molar-refractivity contribution in [3.63, 3.8) is 0 Å². The Morgan fingerprint density at radius 2 is 2.25 bits per heavy atom. The number of oxime groups is 1. The number of carboxylic acids is 1. The number of carbonyl (C=O) groups is 1. The standard InChI is InChI=1S/C9H8N2O5/c12-9(13)6-16-10-5-7-3-1-2-4-8(7)11(14)15/h1-5H,6H2,(H,12,13). The Morgan fingerprint density at radius 1 is 1.56 bits per heavy atom. The minimum absolute atomic E-state index is 0.120. The number of carboxylic acid groups (broad SMARTS) is 1. The number of rotatable bonds is 5. The first-order valence-electron chi connectivity index (χ1n) is 4.22. The van der Waals surface area contributed by atoms with Crippen molar-refractivity contribution in [1.82, 2.24) is 0 Å². The van der Waals surface area contributed by atoms with E-state index in [1.807, 2.05) is 0 Å². The predicted octanol–water partition coefficient (Wildman–Crippen LogP) is 1.03. The van der Waals surface area contributed by atoms with Crippen LogP contribution in [0, 0.1) is 10.1 Å². The molecule has 1 aromatic rings. The summed E-state index contributed by atoms with van der Waals surface area (Å²) >= 11 is 0. The van der Waals surface area contributed by atoms with Crippen LogP contribution < -0.4 is 0 Å². The Labute approximate surface area is 90.1 Å². The molecule has 0 aromatic heterocycles. The van der Waals surface area contributed by atoms with Crippen LogP contribution in [0.15, 0.2) is 29.4 Å². The van der Waals surface area contributed by atoms with Crippen LogP contribution in [0.4, 0.5) is 5.69 Å². The van der Waals surface area contributed by atoms with Crippen molar-refractivity contribution >= 4 is 17.9 Å². The van der Waals surface area contributed by atoms with Crippen molar-refractivity contribution in [2.45, 2.75) is 0 Å². The molecule has 0 amide bonds. The molecule has 1 rings (SSSR count). The second-order valence-corrected chi connectivity index (χ2v) is 2.72. The fraction of sp³-hybridized carbons (Fsp3) is 0.111. The third-order valence-corrected chi connectivity index (χ3v) is 1.59. The van der Waals surface area contributed by atoms with Crippen LogP contribution >= 0.6 is 0 Å². The van der Waals surface area contributed by atoms with Gasteiger partial charge in [0.25, 0.3) is 5.69 Å². The first-order chi connectivity index (χ1) is 7.61.